The zero-order chi connectivity index (χ0) is 14.9. The lowest BCUT2D eigenvalue weighted by atomic mass is 9.83. The van der Waals surface area contributed by atoms with Crippen molar-refractivity contribution in [1.29, 1.82) is 0 Å². The molecule has 2 heterocycles. The number of benzene rings is 1. The molecular formula is C18H24Cl2N2O. The lowest BCUT2D eigenvalue weighted by Crippen LogP contribution is -2.37. The van der Waals surface area contributed by atoms with Gasteiger partial charge in [0.1, 0.15) is 5.75 Å². The Morgan fingerprint density at radius 2 is 1.61 bits per heavy atom. The molecule has 1 aromatic heterocycles. The fourth-order valence-corrected chi connectivity index (χ4v) is 3.34. The van der Waals surface area contributed by atoms with E-state index in [1.165, 1.54) is 11.1 Å². The van der Waals surface area contributed by atoms with Crippen molar-refractivity contribution in [3.8, 4) is 5.75 Å². The van der Waals surface area contributed by atoms with Gasteiger partial charge >= 0.3 is 0 Å². The Balaban J connectivity index is 0.00000132. The fourth-order valence-electron chi connectivity index (χ4n) is 3.34. The molecule has 0 radical (unpaired) electrons. The highest BCUT2D eigenvalue weighted by Gasteiger charge is 2.40. The molecule has 1 aliphatic rings. The van der Waals surface area contributed by atoms with Gasteiger partial charge in [0.05, 0.1) is 7.11 Å². The van der Waals surface area contributed by atoms with E-state index in [1.807, 2.05) is 24.5 Å². The van der Waals surface area contributed by atoms with Gasteiger partial charge in [0, 0.05) is 29.9 Å². The Labute approximate surface area is 150 Å². The van der Waals surface area contributed by atoms with Gasteiger partial charge in [0.2, 0.25) is 0 Å². The molecule has 1 N–H and O–H groups in total. The van der Waals surface area contributed by atoms with Crippen LogP contribution in [0.2, 0.25) is 0 Å². The predicted molar refractivity (Wildman–Crippen MR) is 99.0 cm³/mol. The van der Waals surface area contributed by atoms with Crippen molar-refractivity contribution in [3.05, 3.63) is 59.9 Å². The van der Waals surface area contributed by atoms with Crippen LogP contribution in [0.25, 0.3) is 0 Å². The standard InChI is InChI=1S/C18H22N2O.2ClH/c1-18(2)16(13-8-10-19-11-9-13)12-17(20-18)14-4-6-15(21-3)7-5-14;;/h4-11,16-17,20H,12H2,1-3H3;2*1H. The number of rotatable bonds is 3. The Bertz CT molecular complexity index is 602. The summed E-state index contributed by atoms with van der Waals surface area (Å²) in [6.45, 7) is 4.56. The van der Waals surface area contributed by atoms with Crippen molar-refractivity contribution in [2.45, 2.75) is 37.8 Å². The van der Waals surface area contributed by atoms with Crippen LogP contribution in [0.1, 0.15) is 43.4 Å². The fraction of sp³-hybridized carbons (Fsp3) is 0.389. The molecule has 1 saturated heterocycles. The molecule has 0 amide bonds. The van der Waals surface area contributed by atoms with Crippen LogP contribution in [0.3, 0.4) is 0 Å². The second kappa shape index (κ2) is 8.00. The number of hydrogen-bond donors (Lipinski definition) is 1. The van der Waals surface area contributed by atoms with Gasteiger partial charge in [-0.05, 0) is 55.7 Å². The van der Waals surface area contributed by atoms with Crippen LogP contribution < -0.4 is 10.1 Å². The molecule has 1 aliphatic heterocycles. The molecular weight excluding hydrogens is 331 g/mol. The molecule has 3 nitrogen and oxygen atoms in total. The van der Waals surface area contributed by atoms with Crippen LogP contribution in [0.15, 0.2) is 48.8 Å². The Morgan fingerprint density at radius 3 is 2.17 bits per heavy atom. The normalized spacial score (nSPS) is 21.9. The number of pyridine rings is 1. The van der Waals surface area contributed by atoms with Crippen molar-refractivity contribution < 1.29 is 4.74 Å². The van der Waals surface area contributed by atoms with Gasteiger partial charge < -0.3 is 10.1 Å². The number of halogens is 2. The maximum Gasteiger partial charge on any atom is 0.118 e. The summed E-state index contributed by atoms with van der Waals surface area (Å²) < 4.78 is 5.24. The SMILES string of the molecule is COc1ccc(C2CC(c3ccncc3)C(C)(C)N2)cc1.Cl.Cl. The highest BCUT2D eigenvalue weighted by Crippen LogP contribution is 2.43. The topological polar surface area (TPSA) is 34.1 Å². The van der Waals surface area contributed by atoms with Gasteiger partial charge in [-0.3, -0.25) is 4.98 Å². The molecule has 23 heavy (non-hydrogen) atoms. The Hall–Kier alpha value is -1.29. The van der Waals surface area contributed by atoms with E-state index in [9.17, 15) is 0 Å². The second-order valence-electron chi connectivity index (χ2n) is 6.26. The van der Waals surface area contributed by atoms with Crippen LogP contribution in [0.5, 0.6) is 5.75 Å². The van der Waals surface area contributed by atoms with Gasteiger partial charge in [0.25, 0.3) is 0 Å². The van der Waals surface area contributed by atoms with Crippen LogP contribution in [-0.2, 0) is 0 Å². The van der Waals surface area contributed by atoms with E-state index >= 15 is 0 Å². The third-order valence-electron chi connectivity index (χ3n) is 4.52. The van der Waals surface area contributed by atoms with Gasteiger partial charge in [-0.25, -0.2) is 0 Å². The minimum Gasteiger partial charge on any atom is -0.497 e. The van der Waals surface area contributed by atoms with Crippen LogP contribution in [0.4, 0.5) is 0 Å². The molecule has 2 unspecified atom stereocenters. The lowest BCUT2D eigenvalue weighted by Gasteiger charge is -2.27. The second-order valence-corrected chi connectivity index (χ2v) is 6.26. The number of hydrogen-bond acceptors (Lipinski definition) is 3. The summed E-state index contributed by atoms with van der Waals surface area (Å²) in [5, 5.41) is 3.77. The average molecular weight is 355 g/mol. The first-order valence-electron chi connectivity index (χ1n) is 7.42. The monoisotopic (exact) mass is 354 g/mol. The average Bonchev–Trinajstić information content (AvgIpc) is 2.84. The van der Waals surface area contributed by atoms with Crippen molar-refractivity contribution in [1.82, 2.24) is 10.3 Å². The van der Waals surface area contributed by atoms with Gasteiger partial charge in [-0.2, -0.15) is 0 Å². The van der Waals surface area contributed by atoms with Crippen LogP contribution in [-0.4, -0.2) is 17.6 Å². The third kappa shape index (κ3) is 4.17. The summed E-state index contributed by atoms with van der Waals surface area (Å²) in [7, 11) is 1.70. The van der Waals surface area contributed by atoms with Crippen molar-refractivity contribution in [2.75, 3.05) is 7.11 Å². The lowest BCUT2D eigenvalue weighted by molar-refractivity contribution is 0.397. The number of nitrogens with zero attached hydrogens (tertiary/aromatic N) is 1. The van der Waals surface area contributed by atoms with Crippen molar-refractivity contribution in [2.24, 2.45) is 0 Å². The van der Waals surface area contributed by atoms with E-state index in [0.29, 0.717) is 12.0 Å². The van der Waals surface area contributed by atoms with Crippen LogP contribution in [0, 0.1) is 0 Å². The molecule has 1 aromatic carbocycles. The summed E-state index contributed by atoms with van der Waals surface area (Å²) in [6, 6.07) is 13.0. The number of aromatic nitrogens is 1. The van der Waals surface area contributed by atoms with Gasteiger partial charge in [-0.1, -0.05) is 12.1 Å². The molecule has 2 atom stereocenters. The number of nitrogens with one attached hydrogen (secondary N) is 1. The summed E-state index contributed by atoms with van der Waals surface area (Å²) in [4.78, 5) is 4.13. The van der Waals surface area contributed by atoms with E-state index in [0.717, 1.165) is 12.2 Å². The molecule has 3 rings (SSSR count). The summed E-state index contributed by atoms with van der Waals surface area (Å²) in [5.41, 5.74) is 2.75. The first kappa shape index (κ1) is 19.8. The molecule has 126 valence electrons. The maximum absolute atomic E-state index is 5.24. The van der Waals surface area contributed by atoms with Crippen molar-refractivity contribution in [3.63, 3.8) is 0 Å². The summed E-state index contributed by atoms with van der Waals surface area (Å²) in [6.07, 6.45) is 4.86. The van der Waals surface area contributed by atoms with E-state index in [1.54, 1.807) is 7.11 Å². The Kier molecular flexibility index (Phi) is 6.87. The van der Waals surface area contributed by atoms with Crippen LogP contribution >= 0.6 is 24.8 Å². The van der Waals surface area contributed by atoms with E-state index in [2.05, 4.69) is 48.4 Å². The van der Waals surface area contributed by atoms with E-state index in [-0.39, 0.29) is 30.4 Å². The zero-order valence-electron chi connectivity index (χ0n) is 13.7. The summed E-state index contributed by atoms with van der Waals surface area (Å²) >= 11 is 0. The first-order valence-corrected chi connectivity index (χ1v) is 7.42. The highest BCUT2D eigenvalue weighted by atomic mass is 35.5. The number of ether oxygens (including phenoxy) is 1. The smallest absolute Gasteiger partial charge is 0.118 e. The molecule has 0 bridgehead atoms. The maximum atomic E-state index is 5.24. The van der Waals surface area contributed by atoms with Gasteiger partial charge in [0.15, 0.2) is 0 Å². The molecule has 5 heteroatoms. The number of methoxy groups -OCH3 is 1. The minimum absolute atomic E-state index is 0. The molecule has 0 aliphatic carbocycles. The largest absolute Gasteiger partial charge is 0.497 e. The predicted octanol–water partition coefficient (Wildman–Crippen LogP) is 4.53. The molecule has 0 spiro atoms. The summed E-state index contributed by atoms with van der Waals surface area (Å²) in [5.74, 6) is 1.40. The quantitative estimate of drug-likeness (QED) is 0.878. The highest BCUT2D eigenvalue weighted by molar-refractivity contribution is 5.85. The minimum atomic E-state index is 0. The first-order chi connectivity index (χ1) is 10.1. The zero-order valence-corrected chi connectivity index (χ0v) is 15.3. The van der Waals surface area contributed by atoms with Gasteiger partial charge in [-0.15, -0.1) is 24.8 Å². The third-order valence-corrected chi connectivity index (χ3v) is 4.52. The molecule has 2 aromatic rings. The molecule has 0 saturated carbocycles. The van der Waals surface area contributed by atoms with E-state index < -0.39 is 0 Å². The molecule has 1 fully saturated rings. The van der Waals surface area contributed by atoms with Crippen molar-refractivity contribution >= 4 is 24.8 Å². The van der Waals surface area contributed by atoms with E-state index in [4.69, 9.17) is 4.74 Å². The Morgan fingerprint density at radius 1 is 1.00 bits per heavy atom.